The molecule has 1 saturated heterocycles. The molecule has 3 rings (SSSR count). The summed E-state index contributed by atoms with van der Waals surface area (Å²) < 4.78 is 18.6. The minimum Gasteiger partial charge on any atom is -0.450 e. The third-order valence-electron chi connectivity index (χ3n) is 4.48. The second kappa shape index (κ2) is 11.1. The van der Waals surface area contributed by atoms with E-state index in [1.807, 2.05) is 5.38 Å². The van der Waals surface area contributed by atoms with Crippen molar-refractivity contribution in [3.63, 3.8) is 0 Å². The molecular formula is C20H23FN4O4S2. The number of thioether (sulfide) groups is 1. The number of piperazine rings is 1. The van der Waals surface area contributed by atoms with Crippen LogP contribution in [0, 0.1) is 5.82 Å². The van der Waals surface area contributed by atoms with E-state index in [0.29, 0.717) is 48.5 Å². The molecule has 1 fully saturated rings. The predicted octanol–water partition coefficient (Wildman–Crippen LogP) is 2.86. The fourth-order valence-electron chi connectivity index (χ4n) is 2.91. The van der Waals surface area contributed by atoms with Crippen LogP contribution in [0.15, 0.2) is 34.0 Å². The molecule has 166 valence electrons. The summed E-state index contributed by atoms with van der Waals surface area (Å²) in [7, 11) is 0. The summed E-state index contributed by atoms with van der Waals surface area (Å²) in [5.41, 5.74) is 1.18. The van der Waals surface area contributed by atoms with Gasteiger partial charge in [-0.15, -0.1) is 11.3 Å². The second-order valence-electron chi connectivity index (χ2n) is 6.69. The molecule has 1 aliphatic rings. The lowest BCUT2D eigenvalue weighted by atomic mass is 10.2. The Morgan fingerprint density at radius 1 is 1.16 bits per heavy atom. The normalized spacial score (nSPS) is 13.7. The molecule has 1 aromatic heterocycles. The standard InChI is InChI=1S/C20H23FN4O4S2/c1-2-29-20(28)25-9-7-24(8-10-25)18(27)11-16-12-30-19(23-16)31-13-17(26)22-15-5-3-14(21)4-6-15/h3-6,12H,2,7-11,13H2,1H3,(H,22,26). The lowest BCUT2D eigenvalue weighted by Gasteiger charge is -2.34. The highest BCUT2D eigenvalue weighted by molar-refractivity contribution is 8.01. The van der Waals surface area contributed by atoms with Gasteiger partial charge >= 0.3 is 6.09 Å². The van der Waals surface area contributed by atoms with Crippen LogP contribution in [0.2, 0.25) is 0 Å². The number of halogens is 1. The molecule has 3 amide bonds. The van der Waals surface area contributed by atoms with Crippen LogP contribution in [0.5, 0.6) is 0 Å². The summed E-state index contributed by atoms with van der Waals surface area (Å²) in [5.74, 6) is -0.463. The van der Waals surface area contributed by atoms with Gasteiger partial charge in [0.05, 0.1) is 24.5 Å². The van der Waals surface area contributed by atoms with Crippen molar-refractivity contribution in [2.45, 2.75) is 17.7 Å². The van der Waals surface area contributed by atoms with E-state index in [0.717, 1.165) is 0 Å². The van der Waals surface area contributed by atoms with Gasteiger partial charge < -0.3 is 19.9 Å². The maximum absolute atomic E-state index is 12.9. The van der Waals surface area contributed by atoms with Crippen molar-refractivity contribution >= 4 is 46.7 Å². The fraction of sp³-hybridized carbons (Fsp3) is 0.400. The van der Waals surface area contributed by atoms with Gasteiger partial charge in [-0.05, 0) is 31.2 Å². The van der Waals surface area contributed by atoms with Gasteiger partial charge in [0.1, 0.15) is 5.82 Å². The highest BCUT2D eigenvalue weighted by Crippen LogP contribution is 2.23. The van der Waals surface area contributed by atoms with Gasteiger partial charge in [-0.25, -0.2) is 14.2 Å². The number of anilines is 1. The monoisotopic (exact) mass is 466 g/mol. The Balaban J connectivity index is 1.41. The maximum Gasteiger partial charge on any atom is 0.409 e. The number of nitrogens with zero attached hydrogens (tertiary/aromatic N) is 3. The number of aromatic nitrogens is 1. The van der Waals surface area contributed by atoms with E-state index in [2.05, 4.69) is 10.3 Å². The summed E-state index contributed by atoms with van der Waals surface area (Å²) in [6.45, 7) is 3.92. The molecule has 0 spiro atoms. The van der Waals surface area contributed by atoms with E-state index in [1.54, 1.807) is 16.7 Å². The topological polar surface area (TPSA) is 91.8 Å². The Hall–Kier alpha value is -2.66. The molecule has 1 N–H and O–H groups in total. The molecule has 0 atom stereocenters. The summed E-state index contributed by atoms with van der Waals surface area (Å²) in [6, 6.07) is 5.56. The largest absolute Gasteiger partial charge is 0.450 e. The summed E-state index contributed by atoms with van der Waals surface area (Å²) in [4.78, 5) is 44.0. The van der Waals surface area contributed by atoms with Crippen LogP contribution in [-0.4, -0.2) is 71.2 Å². The highest BCUT2D eigenvalue weighted by atomic mass is 32.2. The first kappa shape index (κ1) is 23.0. The van der Waals surface area contributed by atoms with Crippen molar-refractivity contribution in [2.24, 2.45) is 0 Å². The molecule has 0 bridgehead atoms. The number of amides is 3. The van der Waals surface area contributed by atoms with Crippen molar-refractivity contribution in [3.05, 3.63) is 41.2 Å². The van der Waals surface area contributed by atoms with Gasteiger partial charge in [-0.1, -0.05) is 11.8 Å². The number of rotatable bonds is 7. The Morgan fingerprint density at radius 2 is 1.84 bits per heavy atom. The average Bonchev–Trinajstić information content (AvgIpc) is 3.21. The highest BCUT2D eigenvalue weighted by Gasteiger charge is 2.25. The van der Waals surface area contributed by atoms with Crippen molar-refractivity contribution in [2.75, 3.05) is 43.9 Å². The quantitative estimate of drug-likeness (QED) is 0.631. The number of carbonyl (C=O) groups is 3. The first-order chi connectivity index (χ1) is 14.9. The van der Waals surface area contributed by atoms with E-state index in [1.165, 1.54) is 47.4 Å². The molecule has 0 radical (unpaired) electrons. The van der Waals surface area contributed by atoms with Crippen LogP contribution in [-0.2, 0) is 20.7 Å². The number of benzene rings is 1. The van der Waals surface area contributed by atoms with Gasteiger partial charge in [0.25, 0.3) is 0 Å². The van der Waals surface area contributed by atoms with Crippen molar-refractivity contribution < 1.29 is 23.5 Å². The second-order valence-corrected chi connectivity index (χ2v) is 8.77. The summed E-state index contributed by atoms with van der Waals surface area (Å²) >= 11 is 2.66. The zero-order chi connectivity index (χ0) is 22.2. The number of ether oxygens (including phenoxy) is 1. The third-order valence-corrected chi connectivity index (χ3v) is 6.55. The third kappa shape index (κ3) is 6.93. The van der Waals surface area contributed by atoms with Crippen LogP contribution in [0.25, 0.3) is 0 Å². The van der Waals surface area contributed by atoms with Gasteiger partial charge in [0, 0.05) is 37.2 Å². The van der Waals surface area contributed by atoms with E-state index >= 15 is 0 Å². The van der Waals surface area contributed by atoms with Crippen LogP contribution >= 0.6 is 23.1 Å². The van der Waals surface area contributed by atoms with Gasteiger partial charge in [-0.3, -0.25) is 9.59 Å². The minimum absolute atomic E-state index is 0.0422. The van der Waals surface area contributed by atoms with E-state index in [-0.39, 0.29) is 35.9 Å². The van der Waals surface area contributed by atoms with Gasteiger partial charge in [-0.2, -0.15) is 0 Å². The molecule has 1 aromatic carbocycles. The Kier molecular flexibility index (Phi) is 8.24. The number of thiazole rings is 1. The molecule has 1 aliphatic heterocycles. The van der Waals surface area contributed by atoms with Crippen molar-refractivity contribution in [1.82, 2.24) is 14.8 Å². The number of nitrogens with one attached hydrogen (secondary N) is 1. The molecule has 0 saturated carbocycles. The zero-order valence-corrected chi connectivity index (χ0v) is 18.6. The lowest BCUT2D eigenvalue weighted by molar-refractivity contribution is -0.132. The molecule has 11 heteroatoms. The first-order valence-electron chi connectivity index (χ1n) is 9.76. The van der Waals surface area contributed by atoms with Gasteiger partial charge in [0.15, 0.2) is 4.34 Å². The summed E-state index contributed by atoms with van der Waals surface area (Å²) in [6.07, 6.45) is -0.169. The molecular weight excluding hydrogens is 443 g/mol. The smallest absolute Gasteiger partial charge is 0.409 e. The number of hydrogen-bond acceptors (Lipinski definition) is 7. The Morgan fingerprint density at radius 3 is 2.52 bits per heavy atom. The maximum atomic E-state index is 12.9. The predicted molar refractivity (Wildman–Crippen MR) is 117 cm³/mol. The zero-order valence-electron chi connectivity index (χ0n) is 17.0. The Bertz CT molecular complexity index is 914. The molecule has 2 aromatic rings. The SMILES string of the molecule is CCOC(=O)N1CCN(C(=O)Cc2csc(SCC(=O)Nc3ccc(F)cc3)n2)CC1. The molecule has 0 aliphatic carbocycles. The van der Waals surface area contributed by atoms with Crippen LogP contribution in [0.1, 0.15) is 12.6 Å². The molecule has 31 heavy (non-hydrogen) atoms. The number of hydrogen-bond donors (Lipinski definition) is 1. The van der Waals surface area contributed by atoms with E-state index in [4.69, 9.17) is 4.74 Å². The minimum atomic E-state index is -0.363. The Labute approximate surface area is 187 Å². The van der Waals surface area contributed by atoms with Gasteiger partial charge in [0.2, 0.25) is 11.8 Å². The van der Waals surface area contributed by atoms with Crippen LogP contribution in [0.4, 0.5) is 14.9 Å². The lowest BCUT2D eigenvalue weighted by Crippen LogP contribution is -2.51. The fourth-order valence-corrected chi connectivity index (χ4v) is 4.56. The molecule has 2 heterocycles. The van der Waals surface area contributed by atoms with Crippen molar-refractivity contribution in [1.29, 1.82) is 0 Å². The average molecular weight is 467 g/mol. The van der Waals surface area contributed by atoms with Crippen LogP contribution < -0.4 is 5.32 Å². The van der Waals surface area contributed by atoms with Crippen LogP contribution in [0.3, 0.4) is 0 Å². The van der Waals surface area contributed by atoms with Crippen molar-refractivity contribution in [3.8, 4) is 0 Å². The first-order valence-corrected chi connectivity index (χ1v) is 11.6. The molecule has 8 nitrogen and oxygen atoms in total. The van der Waals surface area contributed by atoms with E-state index < -0.39 is 0 Å². The summed E-state index contributed by atoms with van der Waals surface area (Å²) in [5, 5.41) is 4.51. The van der Waals surface area contributed by atoms with E-state index in [9.17, 15) is 18.8 Å². The molecule has 0 unspecified atom stereocenters. The number of carbonyl (C=O) groups excluding carboxylic acids is 3.